The van der Waals surface area contributed by atoms with E-state index in [2.05, 4.69) is 0 Å². The van der Waals surface area contributed by atoms with E-state index in [0.29, 0.717) is 6.61 Å². The van der Waals surface area contributed by atoms with Crippen molar-refractivity contribution in [1.29, 1.82) is 10.5 Å². The lowest BCUT2D eigenvalue weighted by Gasteiger charge is -2.06. The molecule has 4 nitrogen and oxygen atoms in total. The summed E-state index contributed by atoms with van der Waals surface area (Å²) >= 11 is 0. The van der Waals surface area contributed by atoms with Gasteiger partial charge in [0.2, 0.25) is 0 Å². The Kier molecular flexibility index (Phi) is 4.98. The van der Waals surface area contributed by atoms with Gasteiger partial charge < -0.3 is 9.47 Å². The van der Waals surface area contributed by atoms with Gasteiger partial charge in [-0.1, -0.05) is 30.3 Å². The highest BCUT2D eigenvalue weighted by molar-refractivity contribution is 5.34. The molecule has 2 aromatic carbocycles. The van der Waals surface area contributed by atoms with Crippen LogP contribution in [0.3, 0.4) is 0 Å². The van der Waals surface area contributed by atoms with Crippen molar-refractivity contribution in [2.75, 3.05) is 0 Å². The number of allylic oxidation sites excluding steroid dienone is 1. The zero-order valence-electron chi connectivity index (χ0n) is 11.2. The van der Waals surface area contributed by atoms with Crippen LogP contribution in [0.4, 0.5) is 0 Å². The third kappa shape index (κ3) is 4.41. The Hall–Kier alpha value is -3.24. The molecule has 0 amide bonds. The fourth-order valence-electron chi connectivity index (χ4n) is 1.58. The maximum atomic E-state index is 8.56. The fourth-order valence-corrected chi connectivity index (χ4v) is 1.58. The van der Waals surface area contributed by atoms with Gasteiger partial charge in [0, 0.05) is 0 Å². The first-order chi connectivity index (χ1) is 10.3. The average molecular weight is 276 g/mol. The van der Waals surface area contributed by atoms with E-state index in [1.165, 1.54) is 0 Å². The van der Waals surface area contributed by atoms with Crippen LogP contribution in [0.15, 0.2) is 66.4 Å². The number of nitrogens with zero attached hydrogens (tertiary/aromatic N) is 2. The van der Waals surface area contributed by atoms with Crippen LogP contribution >= 0.6 is 0 Å². The van der Waals surface area contributed by atoms with Crippen molar-refractivity contribution in [3.05, 3.63) is 72.0 Å². The summed E-state index contributed by atoms with van der Waals surface area (Å²) in [4.78, 5) is 0. The molecule has 0 saturated heterocycles. The average Bonchev–Trinajstić information content (AvgIpc) is 2.54. The number of hydrogen-bond acceptors (Lipinski definition) is 4. The van der Waals surface area contributed by atoms with Gasteiger partial charge in [0.1, 0.15) is 36.5 Å². The lowest BCUT2D eigenvalue weighted by atomic mass is 10.2. The molecule has 0 aliphatic rings. The topological polar surface area (TPSA) is 66.0 Å². The third-order valence-electron chi connectivity index (χ3n) is 2.59. The molecule has 21 heavy (non-hydrogen) atoms. The third-order valence-corrected chi connectivity index (χ3v) is 2.59. The smallest absolute Gasteiger partial charge is 0.164 e. The van der Waals surface area contributed by atoms with Gasteiger partial charge >= 0.3 is 0 Å². The molecule has 0 heterocycles. The molecular weight excluding hydrogens is 264 g/mol. The Morgan fingerprint density at radius 1 is 0.905 bits per heavy atom. The highest BCUT2D eigenvalue weighted by Crippen LogP contribution is 2.21. The van der Waals surface area contributed by atoms with Crippen LogP contribution in [0.1, 0.15) is 5.56 Å². The molecule has 0 aliphatic carbocycles. The molecule has 0 aromatic heterocycles. The lowest BCUT2D eigenvalue weighted by molar-refractivity contribution is 0.235. The van der Waals surface area contributed by atoms with E-state index in [1.54, 1.807) is 12.1 Å². The van der Waals surface area contributed by atoms with Crippen molar-refractivity contribution >= 4 is 0 Å². The largest absolute Gasteiger partial charge is 0.494 e. The van der Waals surface area contributed by atoms with E-state index in [1.807, 2.05) is 54.6 Å². The van der Waals surface area contributed by atoms with Crippen molar-refractivity contribution in [2.45, 2.75) is 6.61 Å². The van der Waals surface area contributed by atoms with E-state index in [4.69, 9.17) is 20.0 Å². The van der Waals surface area contributed by atoms with E-state index >= 15 is 0 Å². The SMILES string of the molecule is N#CC(C#N)=COCc1ccc(Oc2ccccc2)cc1. The van der Waals surface area contributed by atoms with Gasteiger partial charge in [-0.2, -0.15) is 10.5 Å². The van der Waals surface area contributed by atoms with Crippen LogP contribution in [-0.4, -0.2) is 0 Å². The zero-order chi connectivity index (χ0) is 14.9. The van der Waals surface area contributed by atoms with Gasteiger partial charge in [0.25, 0.3) is 0 Å². The van der Waals surface area contributed by atoms with Gasteiger partial charge in [0.05, 0.1) is 0 Å². The number of ether oxygens (including phenoxy) is 2. The molecule has 2 rings (SSSR count). The van der Waals surface area contributed by atoms with Crippen LogP contribution in [0.25, 0.3) is 0 Å². The molecule has 102 valence electrons. The summed E-state index contributed by atoms with van der Waals surface area (Å²) in [5.74, 6) is 1.51. The summed E-state index contributed by atoms with van der Waals surface area (Å²) in [7, 11) is 0. The molecule has 0 spiro atoms. The predicted molar refractivity (Wildman–Crippen MR) is 77.1 cm³/mol. The minimum atomic E-state index is -0.0565. The van der Waals surface area contributed by atoms with E-state index < -0.39 is 0 Å². The molecule has 0 atom stereocenters. The molecule has 0 unspecified atom stereocenters. The first kappa shape index (κ1) is 14.2. The maximum absolute atomic E-state index is 8.56. The van der Waals surface area contributed by atoms with E-state index in [-0.39, 0.29) is 5.57 Å². The Morgan fingerprint density at radius 2 is 1.52 bits per heavy atom. The summed E-state index contributed by atoms with van der Waals surface area (Å²) in [5, 5.41) is 17.1. The molecular formula is C17H12N2O2. The Bertz CT molecular complexity index is 676. The maximum Gasteiger partial charge on any atom is 0.164 e. The fraction of sp³-hybridized carbons (Fsp3) is 0.0588. The normalized spacial score (nSPS) is 9.05. The van der Waals surface area contributed by atoms with Crippen molar-refractivity contribution in [3.63, 3.8) is 0 Å². The van der Waals surface area contributed by atoms with Gasteiger partial charge in [-0.25, -0.2) is 0 Å². The molecule has 0 fully saturated rings. The first-order valence-corrected chi connectivity index (χ1v) is 6.25. The molecule has 0 bridgehead atoms. The van der Waals surface area contributed by atoms with Crippen molar-refractivity contribution in [1.82, 2.24) is 0 Å². The van der Waals surface area contributed by atoms with Gasteiger partial charge in [-0.15, -0.1) is 0 Å². The second-order valence-electron chi connectivity index (χ2n) is 4.13. The zero-order valence-corrected chi connectivity index (χ0v) is 11.2. The van der Waals surface area contributed by atoms with Gasteiger partial charge in [-0.05, 0) is 29.8 Å². The number of para-hydroxylation sites is 1. The minimum absolute atomic E-state index is 0.0565. The first-order valence-electron chi connectivity index (χ1n) is 6.25. The summed E-state index contributed by atoms with van der Waals surface area (Å²) in [6.45, 7) is 0.290. The second kappa shape index (κ2) is 7.37. The number of benzene rings is 2. The van der Waals surface area contributed by atoms with Crippen molar-refractivity contribution < 1.29 is 9.47 Å². The number of hydrogen-bond donors (Lipinski definition) is 0. The Labute approximate surface area is 123 Å². The molecule has 0 saturated carbocycles. The summed E-state index contributed by atoms with van der Waals surface area (Å²) < 4.78 is 10.8. The van der Waals surface area contributed by atoms with Crippen molar-refractivity contribution in [2.24, 2.45) is 0 Å². The minimum Gasteiger partial charge on any atom is -0.494 e. The number of rotatable bonds is 5. The monoisotopic (exact) mass is 276 g/mol. The molecule has 0 N–H and O–H groups in total. The molecule has 0 aliphatic heterocycles. The van der Waals surface area contributed by atoms with Crippen LogP contribution in [0, 0.1) is 22.7 Å². The van der Waals surface area contributed by atoms with Crippen LogP contribution in [0.5, 0.6) is 11.5 Å². The predicted octanol–water partition coefficient (Wildman–Crippen LogP) is 3.93. The van der Waals surface area contributed by atoms with E-state index in [9.17, 15) is 0 Å². The lowest BCUT2D eigenvalue weighted by Crippen LogP contribution is -1.89. The van der Waals surface area contributed by atoms with Gasteiger partial charge in [0.15, 0.2) is 5.57 Å². The Morgan fingerprint density at radius 3 is 2.14 bits per heavy atom. The highest BCUT2D eigenvalue weighted by atomic mass is 16.5. The summed E-state index contributed by atoms with van der Waals surface area (Å²) in [6, 6.07) is 20.4. The van der Waals surface area contributed by atoms with Crippen LogP contribution in [0.2, 0.25) is 0 Å². The van der Waals surface area contributed by atoms with Crippen LogP contribution < -0.4 is 4.74 Å². The van der Waals surface area contributed by atoms with Gasteiger partial charge in [-0.3, -0.25) is 0 Å². The quantitative estimate of drug-likeness (QED) is 0.613. The van der Waals surface area contributed by atoms with E-state index in [0.717, 1.165) is 23.3 Å². The van der Waals surface area contributed by atoms with Crippen molar-refractivity contribution in [3.8, 4) is 23.6 Å². The summed E-state index contributed by atoms with van der Waals surface area (Å²) in [5.41, 5.74) is 0.862. The molecule has 2 aromatic rings. The highest BCUT2D eigenvalue weighted by Gasteiger charge is 1.98. The number of nitriles is 2. The second-order valence-corrected chi connectivity index (χ2v) is 4.13. The Balaban J connectivity index is 1.92. The summed E-state index contributed by atoms with van der Waals surface area (Å²) in [6.07, 6.45) is 1.16. The molecule has 0 radical (unpaired) electrons. The molecule has 4 heteroatoms. The van der Waals surface area contributed by atoms with Crippen LogP contribution in [-0.2, 0) is 11.3 Å². The standard InChI is InChI=1S/C17H12N2O2/c18-10-15(11-19)13-20-12-14-6-8-17(9-7-14)21-16-4-2-1-3-5-16/h1-9,13H,12H2.